The zero-order valence-corrected chi connectivity index (χ0v) is 8.04. The lowest BCUT2D eigenvalue weighted by Gasteiger charge is -2.08. The molecule has 0 fully saturated rings. The first kappa shape index (κ1) is 10.1. The van der Waals surface area contributed by atoms with E-state index in [-0.39, 0.29) is 12.1 Å². The predicted molar refractivity (Wildman–Crippen MR) is 50.9 cm³/mol. The van der Waals surface area contributed by atoms with Crippen molar-refractivity contribution in [3.8, 4) is 0 Å². The molecule has 0 aliphatic rings. The van der Waals surface area contributed by atoms with Crippen LogP contribution in [0, 0.1) is 6.07 Å². The maximum absolute atomic E-state index is 11.3. The lowest BCUT2D eigenvalue weighted by molar-refractivity contribution is 0.0383. The van der Waals surface area contributed by atoms with E-state index >= 15 is 0 Å². The fourth-order valence-electron chi connectivity index (χ4n) is 0.798. The van der Waals surface area contributed by atoms with Crippen LogP contribution in [0.25, 0.3) is 0 Å². The second-order valence-electron chi connectivity index (χ2n) is 2.65. The Morgan fingerprint density at radius 2 is 2.46 bits per heavy atom. The molecular formula is C10H10ClO2. The van der Waals surface area contributed by atoms with Crippen molar-refractivity contribution in [3.63, 3.8) is 0 Å². The molecule has 1 rings (SSSR count). The average Bonchev–Trinajstić information content (AvgIpc) is 2.19. The first-order valence-corrected chi connectivity index (χ1v) is 4.51. The minimum Gasteiger partial charge on any atom is -0.458 e. The fraction of sp³-hybridized carbons (Fsp3) is 0.300. The van der Waals surface area contributed by atoms with Gasteiger partial charge in [0.2, 0.25) is 0 Å². The fourth-order valence-corrected chi connectivity index (χ4v) is 0.861. The van der Waals surface area contributed by atoms with E-state index in [1.54, 1.807) is 31.2 Å². The highest BCUT2D eigenvalue weighted by Gasteiger charge is 2.09. The maximum atomic E-state index is 11.3. The number of ether oxygens (including phenoxy) is 1. The van der Waals surface area contributed by atoms with Crippen LogP contribution >= 0.6 is 11.6 Å². The molecule has 3 heteroatoms. The monoisotopic (exact) mass is 197 g/mol. The molecule has 1 unspecified atom stereocenters. The Bertz CT molecular complexity index is 272. The SMILES string of the molecule is CC(CCl)OC(=O)c1[c]cccc1. The van der Waals surface area contributed by atoms with Crippen LogP contribution in [-0.2, 0) is 4.74 Å². The summed E-state index contributed by atoms with van der Waals surface area (Å²) < 4.78 is 4.98. The minimum atomic E-state index is -0.381. The molecule has 0 N–H and O–H groups in total. The molecule has 0 aliphatic heterocycles. The molecule has 0 aliphatic carbocycles. The molecule has 1 aromatic carbocycles. The Hall–Kier alpha value is -1.02. The highest BCUT2D eigenvalue weighted by molar-refractivity contribution is 6.18. The van der Waals surface area contributed by atoms with Crippen LogP contribution in [0.5, 0.6) is 0 Å². The third kappa shape index (κ3) is 3.07. The second kappa shape index (κ2) is 4.87. The summed E-state index contributed by atoms with van der Waals surface area (Å²) in [5.74, 6) is -0.0766. The Balaban J connectivity index is 2.59. The van der Waals surface area contributed by atoms with Crippen LogP contribution in [0.4, 0.5) is 0 Å². The zero-order chi connectivity index (χ0) is 9.68. The van der Waals surface area contributed by atoms with E-state index in [9.17, 15) is 4.79 Å². The van der Waals surface area contributed by atoms with E-state index in [0.29, 0.717) is 11.4 Å². The molecule has 69 valence electrons. The van der Waals surface area contributed by atoms with Crippen molar-refractivity contribution in [2.45, 2.75) is 13.0 Å². The van der Waals surface area contributed by atoms with Crippen LogP contribution in [0.2, 0.25) is 0 Å². The van der Waals surface area contributed by atoms with E-state index in [4.69, 9.17) is 16.3 Å². The number of hydrogen-bond donors (Lipinski definition) is 0. The summed E-state index contributed by atoms with van der Waals surface area (Å²) in [5, 5.41) is 0. The lowest BCUT2D eigenvalue weighted by Crippen LogP contribution is -2.16. The third-order valence-electron chi connectivity index (χ3n) is 1.45. The normalized spacial score (nSPS) is 12.2. The number of alkyl halides is 1. The second-order valence-corrected chi connectivity index (χ2v) is 2.96. The number of benzene rings is 1. The summed E-state index contributed by atoms with van der Waals surface area (Å²) in [6, 6.07) is 9.66. The number of halogens is 1. The maximum Gasteiger partial charge on any atom is 0.339 e. The number of esters is 1. The largest absolute Gasteiger partial charge is 0.458 e. The summed E-state index contributed by atoms with van der Waals surface area (Å²) in [4.78, 5) is 11.3. The molecule has 0 spiro atoms. The van der Waals surface area contributed by atoms with Crippen LogP contribution in [0.15, 0.2) is 24.3 Å². The Morgan fingerprint density at radius 1 is 1.69 bits per heavy atom. The molecule has 1 radical (unpaired) electrons. The van der Waals surface area contributed by atoms with Crippen molar-refractivity contribution in [2.75, 3.05) is 5.88 Å². The molecule has 2 nitrogen and oxygen atoms in total. The quantitative estimate of drug-likeness (QED) is 0.549. The van der Waals surface area contributed by atoms with Gasteiger partial charge in [0.25, 0.3) is 0 Å². The molecule has 0 aromatic heterocycles. The molecule has 0 bridgehead atoms. The molecule has 0 heterocycles. The minimum absolute atomic E-state index is 0.261. The highest BCUT2D eigenvalue weighted by Crippen LogP contribution is 2.03. The summed E-state index contributed by atoms with van der Waals surface area (Å²) >= 11 is 5.50. The third-order valence-corrected chi connectivity index (χ3v) is 1.89. The van der Waals surface area contributed by atoms with Gasteiger partial charge in [0.05, 0.1) is 11.4 Å². The average molecular weight is 198 g/mol. The first-order valence-electron chi connectivity index (χ1n) is 3.97. The van der Waals surface area contributed by atoms with Crippen molar-refractivity contribution in [1.29, 1.82) is 0 Å². The Kier molecular flexibility index (Phi) is 3.77. The summed E-state index contributed by atoms with van der Waals surface area (Å²) in [5.41, 5.74) is 0.430. The van der Waals surface area contributed by atoms with Crippen molar-refractivity contribution in [2.24, 2.45) is 0 Å². The smallest absolute Gasteiger partial charge is 0.339 e. The Morgan fingerprint density at radius 3 is 3.00 bits per heavy atom. The van der Waals surface area contributed by atoms with Gasteiger partial charge in [-0.15, -0.1) is 11.6 Å². The van der Waals surface area contributed by atoms with Gasteiger partial charge in [-0.2, -0.15) is 0 Å². The number of hydrogen-bond acceptors (Lipinski definition) is 2. The van der Waals surface area contributed by atoms with E-state index in [1.165, 1.54) is 0 Å². The molecule has 0 saturated heterocycles. The van der Waals surface area contributed by atoms with E-state index in [2.05, 4.69) is 6.07 Å². The van der Waals surface area contributed by atoms with Gasteiger partial charge < -0.3 is 4.74 Å². The van der Waals surface area contributed by atoms with Gasteiger partial charge in [-0.1, -0.05) is 18.2 Å². The van der Waals surface area contributed by atoms with Crippen molar-refractivity contribution < 1.29 is 9.53 Å². The van der Waals surface area contributed by atoms with E-state index in [1.807, 2.05) is 0 Å². The van der Waals surface area contributed by atoms with Crippen LogP contribution < -0.4 is 0 Å². The molecule has 0 saturated carbocycles. The summed E-state index contributed by atoms with van der Waals surface area (Å²) in [7, 11) is 0. The van der Waals surface area contributed by atoms with Crippen molar-refractivity contribution in [3.05, 3.63) is 35.9 Å². The first-order chi connectivity index (χ1) is 6.24. The van der Waals surface area contributed by atoms with Crippen molar-refractivity contribution >= 4 is 17.6 Å². The van der Waals surface area contributed by atoms with Gasteiger partial charge in [0.1, 0.15) is 6.10 Å². The lowest BCUT2D eigenvalue weighted by atomic mass is 10.2. The van der Waals surface area contributed by atoms with Gasteiger partial charge in [0, 0.05) is 0 Å². The molecule has 0 amide bonds. The van der Waals surface area contributed by atoms with Crippen LogP contribution in [0.1, 0.15) is 17.3 Å². The van der Waals surface area contributed by atoms with Gasteiger partial charge in [-0.25, -0.2) is 4.79 Å². The Labute approximate surface area is 82.5 Å². The zero-order valence-electron chi connectivity index (χ0n) is 7.29. The van der Waals surface area contributed by atoms with Crippen LogP contribution in [-0.4, -0.2) is 18.0 Å². The predicted octanol–water partition coefficient (Wildman–Crippen LogP) is 2.27. The van der Waals surface area contributed by atoms with Crippen LogP contribution in [0.3, 0.4) is 0 Å². The van der Waals surface area contributed by atoms with Crippen molar-refractivity contribution in [1.82, 2.24) is 0 Å². The standard InChI is InChI=1S/C10H10ClO2/c1-8(7-11)13-10(12)9-5-3-2-4-6-9/h2-5,8H,7H2,1H3. The number of carbonyl (C=O) groups excluding carboxylic acids is 1. The highest BCUT2D eigenvalue weighted by atomic mass is 35.5. The number of rotatable bonds is 3. The van der Waals surface area contributed by atoms with Gasteiger partial charge in [-0.3, -0.25) is 0 Å². The summed E-state index contributed by atoms with van der Waals surface area (Å²) in [6.07, 6.45) is -0.261. The number of carbonyl (C=O) groups is 1. The van der Waals surface area contributed by atoms with Gasteiger partial charge >= 0.3 is 5.97 Å². The van der Waals surface area contributed by atoms with Gasteiger partial charge in [0.15, 0.2) is 0 Å². The topological polar surface area (TPSA) is 26.3 Å². The molecule has 1 atom stereocenters. The molecule has 13 heavy (non-hydrogen) atoms. The van der Waals surface area contributed by atoms with E-state index < -0.39 is 0 Å². The van der Waals surface area contributed by atoms with Gasteiger partial charge in [-0.05, 0) is 19.1 Å². The summed E-state index contributed by atoms with van der Waals surface area (Å²) in [6.45, 7) is 1.74. The molecular weight excluding hydrogens is 188 g/mol. The van der Waals surface area contributed by atoms with E-state index in [0.717, 1.165) is 0 Å². The molecule has 1 aromatic rings.